The van der Waals surface area contributed by atoms with E-state index in [9.17, 15) is 0 Å². The van der Waals surface area contributed by atoms with Crippen molar-refractivity contribution in [1.29, 1.82) is 0 Å². The Labute approximate surface area is 70.3 Å². The molecule has 11 heavy (non-hydrogen) atoms. The molecule has 1 rings (SSSR count). The maximum atomic E-state index is 2.20. The molecule has 0 nitrogen and oxygen atoms in total. The molecule has 0 aliphatic carbocycles. The molecule has 62 valence electrons. The van der Waals surface area contributed by atoms with Crippen molar-refractivity contribution in [2.45, 2.75) is 34.6 Å². The Hall–Kier alpha value is -0.780. The maximum Gasteiger partial charge on any atom is -0.0302 e. The molecule has 0 amide bonds. The summed E-state index contributed by atoms with van der Waals surface area (Å²) in [5, 5.41) is 0. The Bertz CT molecular complexity index is 203. The zero-order chi connectivity index (χ0) is 7.56. The highest BCUT2D eigenvalue weighted by Crippen LogP contribution is 2.12. The molecule has 0 radical (unpaired) electrons. The SMILES string of the molecule is C.CCc1c(C)cccc1C. The summed E-state index contributed by atoms with van der Waals surface area (Å²) in [7, 11) is 0. The zero-order valence-corrected chi connectivity index (χ0v) is 6.94. The van der Waals surface area contributed by atoms with E-state index in [2.05, 4.69) is 39.0 Å². The van der Waals surface area contributed by atoms with Gasteiger partial charge in [0, 0.05) is 0 Å². The minimum atomic E-state index is 0. The van der Waals surface area contributed by atoms with Crippen LogP contribution in [-0.4, -0.2) is 0 Å². The highest BCUT2D eigenvalue weighted by Gasteiger charge is 1.96. The van der Waals surface area contributed by atoms with Crippen molar-refractivity contribution in [1.82, 2.24) is 0 Å². The Morgan fingerprint density at radius 3 is 1.82 bits per heavy atom. The minimum absolute atomic E-state index is 0. The molecule has 0 saturated heterocycles. The first-order valence-electron chi connectivity index (χ1n) is 3.80. The lowest BCUT2D eigenvalue weighted by atomic mass is 10.0. The first kappa shape index (κ1) is 10.2. The standard InChI is InChI=1S/C10H14.CH4/c1-4-10-8(2)6-5-7-9(10)3;/h5-7H,4H2,1-3H3;1H4. The monoisotopic (exact) mass is 150 g/mol. The summed E-state index contributed by atoms with van der Waals surface area (Å²) in [5.74, 6) is 0. The van der Waals surface area contributed by atoms with Crippen LogP contribution in [0.3, 0.4) is 0 Å². The van der Waals surface area contributed by atoms with Gasteiger partial charge in [0.25, 0.3) is 0 Å². The molecule has 0 atom stereocenters. The summed E-state index contributed by atoms with van der Waals surface area (Å²) >= 11 is 0. The molecule has 0 unspecified atom stereocenters. The molecule has 0 heterocycles. The number of aryl methyl sites for hydroxylation is 2. The Morgan fingerprint density at radius 2 is 1.55 bits per heavy atom. The van der Waals surface area contributed by atoms with Crippen LogP contribution in [-0.2, 0) is 6.42 Å². The average Bonchev–Trinajstić information content (AvgIpc) is 1.88. The van der Waals surface area contributed by atoms with E-state index in [0.717, 1.165) is 6.42 Å². The van der Waals surface area contributed by atoms with Gasteiger partial charge in [0.05, 0.1) is 0 Å². The summed E-state index contributed by atoms with van der Waals surface area (Å²) < 4.78 is 0. The molecule has 0 aromatic heterocycles. The van der Waals surface area contributed by atoms with Gasteiger partial charge in [0.1, 0.15) is 0 Å². The Morgan fingerprint density at radius 1 is 1.09 bits per heavy atom. The molecular formula is C11H18. The number of hydrogen-bond donors (Lipinski definition) is 0. The van der Waals surface area contributed by atoms with E-state index >= 15 is 0 Å². The van der Waals surface area contributed by atoms with Gasteiger partial charge in [-0.1, -0.05) is 32.5 Å². The second kappa shape index (κ2) is 4.17. The summed E-state index contributed by atoms with van der Waals surface area (Å²) in [5.41, 5.74) is 4.34. The van der Waals surface area contributed by atoms with Gasteiger partial charge in [-0.25, -0.2) is 0 Å². The van der Waals surface area contributed by atoms with Crippen molar-refractivity contribution in [3.63, 3.8) is 0 Å². The summed E-state index contributed by atoms with van der Waals surface area (Å²) in [6.07, 6.45) is 1.15. The first-order chi connectivity index (χ1) is 4.75. The smallest absolute Gasteiger partial charge is 0.0302 e. The van der Waals surface area contributed by atoms with Crippen molar-refractivity contribution < 1.29 is 0 Å². The Kier molecular flexibility index (Phi) is 3.88. The summed E-state index contributed by atoms with van der Waals surface area (Å²) in [6, 6.07) is 6.46. The van der Waals surface area contributed by atoms with Gasteiger partial charge < -0.3 is 0 Å². The van der Waals surface area contributed by atoms with Gasteiger partial charge in [-0.2, -0.15) is 0 Å². The van der Waals surface area contributed by atoms with Crippen LogP contribution in [0.15, 0.2) is 18.2 Å². The van der Waals surface area contributed by atoms with E-state index in [1.165, 1.54) is 16.7 Å². The molecule has 0 N–H and O–H groups in total. The van der Waals surface area contributed by atoms with Crippen LogP contribution >= 0.6 is 0 Å². The summed E-state index contributed by atoms with van der Waals surface area (Å²) in [4.78, 5) is 0. The van der Waals surface area contributed by atoms with Gasteiger partial charge in [-0.15, -0.1) is 0 Å². The topological polar surface area (TPSA) is 0 Å². The third-order valence-electron chi connectivity index (χ3n) is 2.00. The lowest BCUT2D eigenvalue weighted by Gasteiger charge is -2.04. The van der Waals surface area contributed by atoms with Crippen LogP contribution in [0.4, 0.5) is 0 Å². The predicted molar refractivity (Wildman–Crippen MR) is 52.0 cm³/mol. The van der Waals surface area contributed by atoms with Crippen LogP contribution < -0.4 is 0 Å². The first-order valence-corrected chi connectivity index (χ1v) is 3.80. The van der Waals surface area contributed by atoms with Gasteiger partial charge in [0.15, 0.2) is 0 Å². The van der Waals surface area contributed by atoms with Crippen LogP contribution in [0.25, 0.3) is 0 Å². The summed E-state index contributed by atoms with van der Waals surface area (Å²) in [6.45, 7) is 6.55. The van der Waals surface area contributed by atoms with E-state index < -0.39 is 0 Å². The number of benzene rings is 1. The fraction of sp³-hybridized carbons (Fsp3) is 0.455. The van der Waals surface area contributed by atoms with Gasteiger partial charge in [-0.3, -0.25) is 0 Å². The van der Waals surface area contributed by atoms with Crippen LogP contribution in [0.1, 0.15) is 31.0 Å². The van der Waals surface area contributed by atoms with Crippen LogP contribution in [0.5, 0.6) is 0 Å². The van der Waals surface area contributed by atoms with Crippen molar-refractivity contribution >= 4 is 0 Å². The molecule has 0 heteroatoms. The van der Waals surface area contributed by atoms with Crippen molar-refractivity contribution in [2.24, 2.45) is 0 Å². The highest BCUT2D eigenvalue weighted by atomic mass is 14.0. The van der Waals surface area contributed by atoms with E-state index in [1.807, 2.05) is 0 Å². The lowest BCUT2D eigenvalue weighted by Crippen LogP contribution is -1.89. The van der Waals surface area contributed by atoms with E-state index in [-0.39, 0.29) is 7.43 Å². The fourth-order valence-corrected chi connectivity index (χ4v) is 1.41. The normalized spacial score (nSPS) is 9.00. The quantitative estimate of drug-likeness (QED) is 0.574. The van der Waals surface area contributed by atoms with Crippen LogP contribution in [0, 0.1) is 13.8 Å². The maximum absolute atomic E-state index is 2.20. The van der Waals surface area contributed by atoms with Gasteiger partial charge in [0.2, 0.25) is 0 Å². The molecule has 0 spiro atoms. The zero-order valence-electron chi connectivity index (χ0n) is 6.94. The second-order valence-electron chi connectivity index (χ2n) is 2.72. The van der Waals surface area contributed by atoms with E-state index in [0.29, 0.717) is 0 Å². The van der Waals surface area contributed by atoms with E-state index in [1.54, 1.807) is 0 Å². The molecule has 0 fully saturated rings. The van der Waals surface area contributed by atoms with Crippen molar-refractivity contribution in [3.05, 3.63) is 34.9 Å². The molecular weight excluding hydrogens is 132 g/mol. The molecule has 0 saturated carbocycles. The second-order valence-corrected chi connectivity index (χ2v) is 2.72. The molecule has 0 aliphatic rings. The highest BCUT2D eigenvalue weighted by molar-refractivity contribution is 5.33. The average molecular weight is 150 g/mol. The minimum Gasteiger partial charge on any atom is -0.0776 e. The molecule has 1 aromatic rings. The number of rotatable bonds is 1. The molecule has 0 aliphatic heterocycles. The van der Waals surface area contributed by atoms with Crippen molar-refractivity contribution in [2.75, 3.05) is 0 Å². The predicted octanol–water partition coefficient (Wildman–Crippen LogP) is 3.50. The van der Waals surface area contributed by atoms with Gasteiger partial charge in [-0.05, 0) is 37.0 Å². The Balaban J connectivity index is 0.000001000. The van der Waals surface area contributed by atoms with Gasteiger partial charge >= 0.3 is 0 Å². The number of hydrogen-bond acceptors (Lipinski definition) is 0. The molecule has 0 bridgehead atoms. The fourth-order valence-electron chi connectivity index (χ4n) is 1.41. The van der Waals surface area contributed by atoms with E-state index in [4.69, 9.17) is 0 Å². The third kappa shape index (κ3) is 2.07. The third-order valence-corrected chi connectivity index (χ3v) is 2.00. The van der Waals surface area contributed by atoms with Crippen LogP contribution in [0.2, 0.25) is 0 Å². The van der Waals surface area contributed by atoms with Crippen molar-refractivity contribution in [3.8, 4) is 0 Å². The lowest BCUT2D eigenvalue weighted by molar-refractivity contribution is 1.08. The molecule has 1 aromatic carbocycles. The largest absolute Gasteiger partial charge is 0.0776 e.